The van der Waals surface area contributed by atoms with Crippen molar-refractivity contribution < 1.29 is 18.0 Å². The first-order valence-corrected chi connectivity index (χ1v) is 7.67. The molecule has 2 aromatic rings. The maximum Gasteiger partial charge on any atom is 0.389 e. The molecule has 9 heteroatoms. The topological polar surface area (TPSA) is 51.0 Å². The molecule has 124 valence electrons. The minimum absolute atomic E-state index is 0.138. The summed E-state index contributed by atoms with van der Waals surface area (Å²) >= 11 is 0.968. The molecule has 0 N–H and O–H groups in total. The molecule has 2 heterocycles. The SMILES string of the molecule is CN(C(=O)c1cnc(SCCC(F)(F)F)n1C)c1cccnc1. The molecule has 0 aliphatic heterocycles. The maximum absolute atomic E-state index is 12.5. The quantitative estimate of drug-likeness (QED) is 0.782. The van der Waals surface area contributed by atoms with Crippen molar-refractivity contribution in [3.63, 3.8) is 0 Å². The van der Waals surface area contributed by atoms with Crippen molar-refractivity contribution >= 4 is 23.4 Å². The Morgan fingerprint density at radius 1 is 1.39 bits per heavy atom. The molecule has 1 amide bonds. The highest BCUT2D eigenvalue weighted by atomic mass is 32.2. The van der Waals surface area contributed by atoms with Gasteiger partial charge in [0, 0.05) is 26.0 Å². The van der Waals surface area contributed by atoms with Gasteiger partial charge in [0.15, 0.2) is 5.16 Å². The zero-order valence-corrected chi connectivity index (χ0v) is 13.4. The van der Waals surface area contributed by atoms with Crippen LogP contribution in [0.5, 0.6) is 0 Å². The van der Waals surface area contributed by atoms with E-state index in [0.29, 0.717) is 16.5 Å². The number of alkyl halides is 3. The molecule has 0 fully saturated rings. The van der Waals surface area contributed by atoms with Crippen LogP contribution in [0.3, 0.4) is 0 Å². The van der Waals surface area contributed by atoms with E-state index in [0.717, 1.165) is 11.8 Å². The Labute approximate surface area is 135 Å². The lowest BCUT2D eigenvalue weighted by Gasteiger charge is -2.17. The number of aromatic nitrogens is 3. The minimum Gasteiger partial charge on any atom is -0.318 e. The highest BCUT2D eigenvalue weighted by Crippen LogP contribution is 2.26. The van der Waals surface area contributed by atoms with Gasteiger partial charge in [-0.3, -0.25) is 9.78 Å². The summed E-state index contributed by atoms with van der Waals surface area (Å²) in [5.74, 6) is -0.448. The number of imidazole rings is 1. The second-order valence-electron chi connectivity index (χ2n) is 4.77. The van der Waals surface area contributed by atoms with E-state index >= 15 is 0 Å². The van der Waals surface area contributed by atoms with E-state index in [1.807, 2.05) is 0 Å². The first-order chi connectivity index (χ1) is 10.8. The molecule has 0 bridgehead atoms. The molecule has 2 aromatic heterocycles. The number of hydrogen-bond donors (Lipinski definition) is 0. The van der Waals surface area contributed by atoms with Crippen LogP contribution in [0.15, 0.2) is 35.9 Å². The van der Waals surface area contributed by atoms with Crippen molar-refractivity contribution in [2.75, 3.05) is 17.7 Å². The van der Waals surface area contributed by atoms with Gasteiger partial charge in [-0.05, 0) is 12.1 Å². The van der Waals surface area contributed by atoms with Gasteiger partial charge < -0.3 is 9.47 Å². The van der Waals surface area contributed by atoms with Crippen LogP contribution < -0.4 is 4.90 Å². The molecule has 0 radical (unpaired) electrons. The summed E-state index contributed by atoms with van der Waals surface area (Å²) in [6.07, 6.45) is -0.583. The molecule has 0 aromatic carbocycles. The molecule has 0 spiro atoms. The summed E-state index contributed by atoms with van der Waals surface area (Å²) in [7, 11) is 3.20. The molecule has 0 aliphatic rings. The second kappa shape index (κ2) is 7.03. The van der Waals surface area contributed by atoms with E-state index in [9.17, 15) is 18.0 Å². The zero-order valence-electron chi connectivity index (χ0n) is 12.5. The first-order valence-electron chi connectivity index (χ1n) is 6.69. The van der Waals surface area contributed by atoms with Gasteiger partial charge in [-0.15, -0.1) is 0 Å². The summed E-state index contributed by atoms with van der Waals surface area (Å²) in [5.41, 5.74) is 0.913. The van der Waals surface area contributed by atoms with Gasteiger partial charge in [0.2, 0.25) is 0 Å². The van der Waals surface area contributed by atoms with Gasteiger partial charge in [0.1, 0.15) is 5.69 Å². The lowest BCUT2D eigenvalue weighted by molar-refractivity contribution is -0.129. The van der Waals surface area contributed by atoms with E-state index in [2.05, 4.69) is 9.97 Å². The maximum atomic E-state index is 12.5. The molecular formula is C14H15F3N4OS. The molecular weight excluding hydrogens is 329 g/mol. The highest BCUT2D eigenvalue weighted by Gasteiger charge is 2.27. The summed E-state index contributed by atoms with van der Waals surface area (Å²) < 4.78 is 38.0. The number of carbonyl (C=O) groups excluding carboxylic acids is 1. The van der Waals surface area contributed by atoms with Gasteiger partial charge in [-0.1, -0.05) is 11.8 Å². The fourth-order valence-electron chi connectivity index (χ4n) is 1.82. The third-order valence-corrected chi connectivity index (χ3v) is 4.16. The fraction of sp³-hybridized carbons (Fsp3) is 0.357. The van der Waals surface area contributed by atoms with E-state index < -0.39 is 12.6 Å². The zero-order chi connectivity index (χ0) is 17.0. The van der Waals surface area contributed by atoms with Gasteiger partial charge in [0.25, 0.3) is 5.91 Å². The predicted octanol–water partition coefficient (Wildman–Crippen LogP) is 3.14. The molecule has 0 saturated heterocycles. The number of rotatable bonds is 5. The van der Waals surface area contributed by atoms with Crippen molar-refractivity contribution in [3.8, 4) is 0 Å². The van der Waals surface area contributed by atoms with E-state index in [4.69, 9.17) is 0 Å². The summed E-state index contributed by atoms with van der Waals surface area (Å²) in [5, 5.41) is 0.372. The first kappa shape index (κ1) is 17.3. The number of hydrogen-bond acceptors (Lipinski definition) is 4. The number of thioether (sulfide) groups is 1. The molecule has 0 unspecified atom stereocenters. The predicted molar refractivity (Wildman–Crippen MR) is 81.6 cm³/mol. The summed E-state index contributed by atoms with van der Waals surface area (Å²) in [6.45, 7) is 0. The van der Waals surface area contributed by atoms with Crippen molar-refractivity contribution in [1.29, 1.82) is 0 Å². The monoisotopic (exact) mass is 344 g/mol. The number of anilines is 1. The van der Waals surface area contributed by atoms with Crippen LogP contribution in [0, 0.1) is 0 Å². The number of halogens is 3. The van der Waals surface area contributed by atoms with Gasteiger partial charge in [-0.25, -0.2) is 4.98 Å². The second-order valence-corrected chi connectivity index (χ2v) is 5.84. The van der Waals surface area contributed by atoms with Crippen LogP contribution in [0.2, 0.25) is 0 Å². The Hall–Kier alpha value is -2.03. The molecule has 5 nitrogen and oxygen atoms in total. The molecule has 0 aliphatic carbocycles. The molecule has 2 rings (SSSR count). The molecule has 0 atom stereocenters. The standard InChI is InChI=1S/C14H15F3N4OS/c1-20(10-4-3-6-18-8-10)12(22)11-9-19-13(21(11)2)23-7-5-14(15,16)17/h3-4,6,8-9H,5,7H2,1-2H3. The van der Waals surface area contributed by atoms with Crippen molar-refractivity contribution in [3.05, 3.63) is 36.4 Å². The lowest BCUT2D eigenvalue weighted by Crippen LogP contribution is -2.28. The Kier molecular flexibility index (Phi) is 5.30. The lowest BCUT2D eigenvalue weighted by atomic mass is 10.3. The highest BCUT2D eigenvalue weighted by molar-refractivity contribution is 7.99. The van der Waals surface area contributed by atoms with Gasteiger partial charge >= 0.3 is 6.18 Å². The van der Waals surface area contributed by atoms with Crippen molar-refractivity contribution in [2.24, 2.45) is 7.05 Å². The number of amides is 1. The Balaban J connectivity index is 2.08. The third-order valence-electron chi connectivity index (χ3n) is 3.12. The molecule has 23 heavy (non-hydrogen) atoms. The van der Waals surface area contributed by atoms with E-state index in [1.165, 1.54) is 15.7 Å². The number of nitrogens with zero attached hydrogens (tertiary/aromatic N) is 4. The largest absolute Gasteiger partial charge is 0.389 e. The Bertz CT molecular complexity index is 672. The summed E-state index contributed by atoms with van der Waals surface area (Å²) in [6, 6.07) is 3.45. The fourth-order valence-corrected chi connectivity index (χ4v) is 2.76. The van der Waals surface area contributed by atoms with Crippen LogP contribution in [0.4, 0.5) is 18.9 Å². The van der Waals surface area contributed by atoms with Crippen LogP contribution >= 0.6 is 11.8 Å². The average molecular weight is 344 g/mol. The summed E-state index contributed by atoms with van der Waals surface area (Å²) in [4.78, 5) is 21.8. The van der Waals surface area contributed by atoms with Gasteiger partial charge in [0.05, 0.1) is 24.5 Å². The van der Waals surface area contributed by atoms with Crippen LogP contribution in [0.1, 0.15) is 16.9 Å². The normalized spacial score (nSPS) is 11.5. The smallest absolute Gasteiger partial charge is 0.318 e. The Morgan fingerprint density at radius 2 is 2.13 bits per heavy atom. The van der Waals surface area contributed by atoms with E-state index in [1.54, 1.807) is 38.6 Å². The Morgan fingerprint density at radius 3 is 2.74 bits per heavy atom. The van der Waals surface area contributed by atoms with Crippen molar-refractivity contribution in [1.82, 2.24) is 14.5 Å². The number of pyridine rings is 1. The van der Waals surface area contributed by atoms with Crippen LogP contribution in [0.25, 0.3) is 0 Å². The minimum atomic E-state index is -4.20. The van der Waals surface area contributed by atoms with Gasteiger partial charge in [-0.2, -0.15) is 13.2 Å². The van der Waals surface area contributed by atoms with E-state index in [-0.39, 0.29) is 11.7 Å². The molecule has 0 saturated carbocycles. The van der Waals surface area contributed by atoms with Crippen LogP contribution in [-0.2, 0) is 7.05 Å². The van der Waals surface area contributed by atoms with Crippen LogP contribution in [-0.4, -0.2) is 39.4 Å². The average Bonchev–Trinajstić information content (AvgIpc) is 2.87. The van der Waals surface area contributed by atoms with Crippen molar-refractivity contribution in [2.45, 2.75) is 17.8 Å². The third kappa shape index (κ3) is 4.47. The number of carbonyl (C=O) groups is 1.